The zero-order chi connectivity index (χ0) is 15.1. The molecule has 9 heteroatoms. The first-order valence-corrected chi connectivity index (χ1v) is 6.19. The number of imidazole rings is 1. The summed E-state index contributed by atoms with van der Waals surface area (Å²) in [6, 6.07) is 0. The molecule has 0 saturated heterocycles. The van der Waals surface area contributed by atoms with Gasteiger partial charge in [-0.25, -0.2) is 4.98 Å². The van der Waals surface area contributed by atoms with Gasteiger partial charge < -0.3 is 25.9 Å². The number of H-pyrrole nitrogens is 1. The number of carbonyl (C=O) groups is 1. The maximum atomic E-state index is 11.3. The molecule has 9 nitrogen and oxygen atoms in total. The second-order valence-electron chi connectivity index (χ2n) is 3.80. The summed E-state index contributed by atoms with van der Waals surface area (Å²) in [5.41, 5.74) is 10.8. The van der Waals surface area contributed by atoms with Gasteiger partial charge in [-0.1, -0.05) is 0 Å². The summed E-state index contributed by atoms with van der Waals surface area (Å²) in [5.74, 6) is -0.800. The smallest absolute Gasteiger partial charge is 0.269 e. The minimum Gasteiger partial charge on any atom is -0.370 e. The van der Waals surface area contributed by atoms with Crippen LogP contribution in [-0.2, 0) is 9.47 Å². The van der Waals surface area contributed by atoms with Crippen LogP contribution in [0.4, 0.5) is 5.82 Å². The van der Waals surface area contributed by atoms with Crippen molar-refractivity contribution in [3.05, 3.63) is 12.0 Å². The van der Waals surface area contributed by atoms with Gasteiger partial charge in [0.15, 0.2) is 18.1 Å². The van der Waals surface area contributed by atoms with Crippen LogP contribution in [0.15, 0.2) is 6.33 Å². The summed E-state index contributed by atoms with van der Waals surface area (Å²) >= 11 is 0. The summed E-state index contributed by atoms with van der Waals surface area (Å²) in [6.45, 7) is 4.67. The number of nitrogens with two attached hydrogens (primary N) is 2. The van der Waals surface area contributed by atoms with Crippen LogP contribution in [0.2, 0.25) is 0 Å². The SMILES string of the molecule is CCOC(CN(C(=N)N)c1nc[nH]c1C(N)=O)OCC. The first-order valence-electron chi connectivity index (χ1n) is 6.19. The molecule has 0 fully saturated rings. The van der Waals surface area contributed by atoms with Crippen LogP contribution in [0.5, 0.6) is 0 Å². The zero-order valence-electron chi connectivity index (χ0n) is 11.5. The molecule has 0 unspecified atom stereocenters. The van der Waals surface area contributed by atoms with Gasteiger partial charge >= 0.3 is 0 Å². The Balaban J connectivity index is 2.96. The normalized spacial score (nSPS) is 10.8. The van der Waals surface area contributed by atoms with E-state index in [1.54, 1.807) is 0 Å². The van der Waals surface area contributed by atoms with E-state index >= 15 is 0 Å². The Morgan fingerprint density at radius 1 is 1.45 bits per heavy atom. The minimum atomic E-state index is -0.687. The number of amides is 1. The van der Waals surface area contributed by atoms with E-state index in [-0.39, 0.29) is 24.0 Å². The molecule has 0 saturated carbocycles. The molecule has 0 spiro atoms. The third-order valence-corrected chi connectivity index (χ3v) is 2.45. The lowest BCUT2D eigenvalue weighted by Crippen LogP contribution is -2.44. The molecule has 20 heavy (non-hydrogen) atoms. The van der Waals surface area contributed by atoms with E-state index in [1.807, 2.05) is 13.8 Å². The fourth-order valence-corrected chi connectivity index (χ4v) is 1.65. The fourth-order valence-electron chi connectivity index (χ4n) is 1.65. The summed E-state index contributed by atoms with van der Waals surface area (Å²) in [7, 11) is 0. The predicted molar refractivity (Wildman–Crippen MR) is 73.4 cm³/mol. The van der Waals surface area contributed by atoms with Crippen LogP contribution in [0.1, 0.15) is 24.3 Å². The maximum absolute atomic E-state index is 11.3. The average molecular weight is 284 g/mol. The minimum absolute atomic E-state index is 0.0759. The molecule has 0 radical (unpaired) electrons. The van der Waals surface area contributed by atoms with E-state index in [9.17, 15) is 4.79 Å². The summed E-state index contributed by atoms with van der Waals surface area (Å²) < 4.78 is 10.8. The lowest BCUT2D eigenvalue weighted by molar-refractivity contribution is -0.128. The molecule has 0 bridgehead atoms. The van der Waals surface area contributed by atoms with Crippen molar-refractivity contribution < 1.29 is 14.3 Å². The molecular weight excluding hydrogens is 264 g/mol. The number of ether oxygens (including phenoxy) is 2. The standard InChI is InChI=1S/C11H20N6O3/c1-3-19-7(20-4-2)5-17(11(13)14)10-8(9(12)18)15-6-16-10/h6-7H,3-5H2,1-2H3,(H2,12,18)(H3,13,14)(H,15,16). The van der Waals surface area contributed by atoms with Crippen molar-refractivity contribution in [3.63, 3.8) is 0 Å². The highest BCUT2D eigenvalue weighted by Gasteiger charge is 2.23. The quantitative estimate of drug-likeness (QED) is 0.291. The number of aromatic nitrogens is 2. The van der Waals surface area contributed by atoms with Gasteiger partial charge in [0.2, 0.25) is 0 Å². The molecule has 0 aliphatic heterocycles. The van der Waals surface area contributed by atoms with Crippen molar-refractivity contribution in [2.75, 3.05) is 24.7 Å². The molecule has 0 atom stereocenters. The molecule has 0 aromatic carbocycles. The molecule has 1 aromatic rings. The molecule has 6 N–H and O–H groups in total. The number of primary amides is 1. The molecule has 1 amide bonds. The zero-order valence-corrected chi connectivity index (χ0v) is 11.5. The van der Waals surface area contributed by atoms with Crippen LogP contribution in [-0.4, -0.2) is 47.9 Å². The lowest BCUT2D eigenvalue weighted by atomic mass is 10.3. The van der Waals surface area contributed by atoms with Crippen molar-refractivity contribution in [2.45, 2.75) is 20.1 Å². The highest BCUT2D eigenvalue weighted by Crippen LogP contribution is 2.16. The van der Waals surface area contributed by atoms with Gasteiger partial charge in [-0.15, -0.1) is 0 Å². The molecule has 0 aliphatic carbocycles. The van der Waals surface area contributed by atoms with E-state index in [4.69, 9.17) is 26.4 Å². The second-order valence-corrected chi connectivity index (χ2v) is 3.80. The number of aromatic amines is 1. The summed E-state index contributed by atoms with van der Waals surface area (Å²) in [6.07, 6.45) is 0.716. The van der Waals surface area contributed by atoms with Crippen molar-refractivity contribution in [2.24, 2.45) is 11.5 Å². The van der Waals surface area contributed by atoms with Crippen LogP contribution in [0, 0.1) is 5.41 Å². The molecule has 112 valence electrons. The van der Waals surface area contributed by atoms with Gasteiger partial charge in [0.05, 0.1) is 12.9 Å². The van der Waals surface area contributed by atoms with Gasteiger partial charge in [0, 0.05) is 13.2 Å². The predicted octanol–water partition coefficient (Wildman–Crippen LogP) is -0.392. The topological polar surface area (TPSA) is 143 Å². The van der Waals surface area contributed by atoms with Gasteiger partial charge in [-0.2, -0.15) is 0 Å². The van der Waals surface area contributed by atoms with Crippen molar-refractivity contribution in [3.8, 4) is 0 Å². The van der Waals surface area contributed by atoms with Crippen LogP contribution in [0.25, 0.3) is 0 Å². The third kappa shape index (κ3) is 3.93. The van der Waals surface area contributed by atoms with E-state index in [2.05, 4.69) is 9.97 Å². The monoisotopic (exact) mass is 284 g/mol. The Morgan fingerprint density at radius 3 is 2.50 bits per heavy atom. The Bertz CT molecular complexity index is 455. The van der Waals surface area contributed by atoms with E-state index in [0.29, 0.717) is 13.2 Å². The Labute approximate surface area is 116 Å². The van der Waals surface area contributed by atoms with Gasteiger partial charge in [-0.3, -0.25) is 15.1 Å². The second kappa shape index (κ2) is 7.46. The van der Waals surface area contributed by atoms with Crippen molar-refractivity contribution >= 4 is 17.7 Å². The number of guanidine groups is 1. The average Bonchev–Trinajstić information content (AvgIpc) is 2.84. The fraction of sp³-hybridized carbons (Fsp3) is 0.545. The highest BCUT2D eigenvalue weighted by molar-refractivity contribution is 6.01. The van der Waals surface area contributed by atoms with Crippen molar-refractivity contribution in [1.82, 2.24) is 9.97 Å². The number of hydrogen-bond donors (Lipinski definition) is 4. The van der Waals surface area contributed by atoms with Gasteiger partial charge in [0.1, 0.15) is 5.69 Å². The number of anilines is 1. The third-order valence-electron chi connectivity index (χ3n) is 2.45. The number of rotatable bonds is 8. The first kappa shape index (κ1) is 15.9. The Hall–Kier alpha value is -2.13. The molecule has 1 aromatic heterocycles. The van der Waals surface area contributed by atoms with Gasteiger partial charge in [0.25, 0.3) is 5.91 Å². The number of nitrogens with zero attached hydrogens (tertiary/aromatic N) is 2. The van der Waals surface area contributed by atoms with E-state index < -0.39 is 12.2 Å². The van der Waals surface area contributed by atoms with E-state index in [0.717, 1.165) is 0 Å². The summed E-state index contributed by atoms with van der Waals surface area (Å²) in [4.78, 5) is 19.2. The molecule has 1 heterocycles. The Kier molecular flexibility index (Phi) is 5.94. The van der Waals surface area contributed by atoms with E-state index in [1.165, 1.54) is 11.2 Å². The largest absolute Gasteiger partial charge is 0.370 e. The summed E-state index contributed by atoms with van der Waals surface area (Å²) in [5, 5.41) is 7.61. The van der Waals surface area contributed by atoms with Crippen LogP contribution < -0.4 is 16.4 Å². The lowest BCUT2D eigenvalue weighted by Gasteiger charge is -2.26. The highest BCUT2D eigenvalue weighted by atomic mass is 16.7. The maximum Gasteiger partial charge on any atom is 0.269 e. The molecule has 0 aliphatic rings. The van der Waals surface area contributed by atoms with Crippen LogP contribution in [0.3, 0.4) is 0 Å². The first-order chi connectivity index (χ1) is 9.51. The number of nitrogens with one attached hydrogen (secondary N) is 2. The molecule has 1 rings (SSSR count). The Morgan fingerprint density at radius 2 is 2.05 bits per heavy atom. The number of carbonyl (C=O) groups excluding carboxylic acids is 1. The van der Waals surface area contributed by atoms with Crippen molar-refractivity contribution in [1.29, 1.82) is 5.41 Å². The van der Waals surface area contributed by atoms with Gasteiger partial charge in [-0.05, 0) is 13.8 Å². The number of hydrogen-bond acceptors (Lipinski definition) is 5. The van der Waals surface area contributed by atoms with Crippen LogP contribution >= 0.6 is 0 Å². The molecular formula is C11H20N6O3.